The molecule has 0 radical (unpaired) electrons. The second-order valence-corrected chi connectivity index (χ2v) is 7.79. The highest BCUT2D eigenvalue weighted by Crippen LogP contribution is 2.20. The molecule has 0 bridgehead atoms. The molecule has 0 saturated carbocycles. The highest BCUT2D eigenvalue weighted by atomic mass is 32.2. The molecule has 0 atom stereocenters. The fraction of sp³-hybridized carbons (Fsp3) is 0.800. The predicted molar refractivity (Wildman–Crippen MR) is 74.3 cm³/mol. The van der Waals surface area contributed by atoms with Gasteiger partial charge in [-0.3, -0.25) is 0 Å². The molecule has 1 aliphatic heterocycles. The van der Waals surface area contributed by atoms with Crippen LogP contribution < -0.4 is 10.5 Å². The first-order valence-electron chi connectivity index (χ1n) is 6.24. The average Bonchev–Trinajstić information content (AvgIpc) is 2.79. The van der Waals surface area contributed by atoms with Crippen LogP contribution in [0.1, 0.15) is 19.3 Å². The lowest BCUT2D eigenvalue weighted by Gasteiger charge is -2.28. The van der Waals surface area contributed by atoms with Gasteiger partial charge in [-0.05, 0) is 45.3 Å². The molecule has 2 rings (SSSR count). The zero-order valence-corrected chi connectivity index (χ0v) is 12.5. The Balaban J connectivity index is 1.79. The monoisotopic (exact) mass is 305 g/mol. The SMILES string of the molecule is CN1CCC(CCNS(=O)(=O)c2nnc(N)s2)CC1. The Labute approximate surface area is 117 Å². The van der Waals surface area contributed by atoms with Crippen molar-refractivity contribution in [2.45, 2.75) is 23.6 Å². The van der Waals surface area contributed by atoms with E-state index in [4.69, 9.17) is 5.73 Å². The van der Waals surface area contributed by atoms with E-state index in [0.717, 1.165) is 43.7 Å². The molecule has 1 fully saturated rings. The Kier molecular flexibility index (Phi) is 4.71. The molecule has 0 amide bonds. The molecule has 1 aromatic rings. The number of rotatable bonds is 5. The van der Waals surface area contributed by atoms with Gasteiger partial charge in [-0.2, -0.15) is 0 Å². The van der Waals surface area contributed by atoms with Crippen molar-refractivity contribution in [1.29, 1.82) is 0 Å². The smallest absolute Gasteiger partial charge is 0.269 e. The first-order chi connectivity index (χ1) is 8.97. The fourth-order valence-corrected chi connectivity index (χ4v) is 4.01. The van der Waals surface area contributed by atoms with E-state index in [9.17, 15) is 8.42 Å². The number of piperidine rings is 1. The zero-order valence-electron chi connectivity index (χ0n) is 10.9. The van der Waals surface area contributed by atoms with Crippen molar-refractivity contribution in [3.8, 4) is 0 Å². The molecule has 0 aromatic carbocycles. The lowest BCUT2D eigenvalue weighted by Crippen LogP contribution is -2.32. The topological polar surface area (TPSA) is 101 Å². The molecule has 0 spiro atoms. The minimum absolute atomic E-state index is 0.0617. The van der Waals surface area contributed by atoms with Crippen molar-refractivity contribution >= 4 is 26.5 Å². The summed E-state index contributed by atoms with van der Waals surface area (Å²) in [5.41, 5.74) is 5.38. The molecular weight excluding hydrogens is 286 g/mol. The van der Waals surface area contributed by atoms with Crippen molar-refractivity contribution in [2.75, 3.05) is 32.4 Å². The van der Waals surface area contributed by atoms with Gasteiger partial charge in [-0.1, -0.05) is 11.3 Å². The summed E-state index contributed by atoms with van der Waals surface area (Å²) in [6, 6.07) is 0. The summed E-state index contributed by atoms with van der Waals surface area (Å²) in [5, 5.41) is 7.22. The second kappa shape index (κ2) is 6.12. The van der Waals surface area contributed by atoms with Crippen molar-refractivity contribution in [3.63, 3.8) is 0 Å². The van der Waals surface area contributed by atoms with Crippen LogP contribution in [-0.4, -0.2) is 50.2 Å². The third kappa shape index (κ3) is 4.10. The number of likely N-dealkylation sites (tertiary alicyclic amines) is 1. The second-order valence-electron chi connectivity index (χ2n) is 4.84. The van der Waals surface area contributed by atoms with E-state index in [1.54, 1.807) is 0 Å². The molecule has 2 heterocycles. The highest BCUT2D eigenvalue weighted by Gasteiger charge is 2.21. The van der Waals surface area contributed by atoms with Crippen molar-refractivity contribution < 1.29 is 8.42 Å². The van der Waals surface area contributed by atoms with Crippen molar-refractivity contribution in [2.24, 2.45) is 5.92 Å². The maximum atomic E-state index is 11.9. The number of nitrogens with one attached hydrogen (secondary N) is 1. The number of nitrogen functional groups attached to an aromatic ring is 1. The Morgan fingerprint density at radius 3 is 2.68 bits per heavy atom. The normalized spacial score (nSPS) is 18.8. The summed E-state index contributed by atoms with van der Waals surface area (Å²) in [6.45, 7) is 2.62. The molecule has 1 aliphatic rings. The first-order valence-corrected chi connectivity index (χ1v) is 8.54. The van der Waals surface area contributed by atoms with E-state index in [1.165, 1.54) is 0 Å². The van der Waals surface area contributed by atoms with Gasteiger partial charge in [-0.25, -0.2) is 13.1 Å². The summed E-state index contributed by atoms with van der Waals surface area (Å²) in [7, 11) is -1.44. The van der Waals surface area contributed by atoms with E-state index in [1.807, 2.05) is 0 Å². The van der Waals surface area contributed by atoms with Crippen LogP contribution in [0.15, 0.2) is 4.34 Å². The van der Waals surface area contributed by atoms with Crippen LogP contribution in [0, 0.1) is 5.92 Å². The van der Waals surface area contributed by atoms with Gasteiger partial charge in [0.2, 0.25) is 9.47 Å². The van der Waals surface area contributed by atoms with Crippen LogP contribution >= 0.6 is 11.3 Å². The van der Waals surface area contributed by atoms with E-state index in [-0.39, 0.29) is 9.47 Å². The predicted octanol–water partition coefficient (Wildman–Crippen LogP) is 0.131. The number of hydrogen-bond donors (Lipinski definition) is 2. The number of nitrogens with zero attached hydrogens (tertiary/aromatic N) is 3. The van der Waals surface area contributed by atoms with Gasteiger partial charge < -0.3 is 10.6 Å². The number of anilines is 1. The molecule has 0 aliphatic carbocycles. The largest absolute Gasteiger partial charge is 0.374 e. The fourth-order valence-electron chi connectivity index (χ4n) is 2.14. The minimum atomic E-state index is -3.55. The number of aromatic nitrogens is 2. The molecule has 19 heavy (non-hydrogen) atoms. The third-order valence-corrected chi connectivity index (χ3v) is 5.92. The molecular formula is C10H19N5O2S2. The Morgan fingerprint density at radius 2 is 2.11 bits per heavy atom. The summed E-state index contributed by atoms with van der Waals surface area (Å²) in [6.07, 6.45) is 3.12. The lowest BCUT2D eigenvalue weighted by molar-refractivity contribution is 0.213. The van der Waals surface area contributed by atoms with Gasteiger partial charge in [0, 0.05) is 6.54 Å². The molecule has 7 nitrogen and oxygen atoms in total. The Bertz CT molecular complexity index is 508. The standard InChI is InChI=1S/C10H19N5O2S2/c1-15-6-3-8(4-7-15)2-5-12-19(16,17)10-14-13-9(11)18-10/h8,12H,2-7H2,1H3,(H2,11,13). The van der Waals surface area contributed by atoms with Crippen LogP contribution in [0.3, 0.4) is 0 Å². The van der Waals surface area contributed by atoms with E-state index in [0.29, 0.717) is 12.5 Å². The van der Waals surface area contributed by atoms with Crippen LogP contribution in [-0.2, 0) is 10.0 Å². The number of nitrogens with two attached hydrogens (primary N) is 1. The summed E-state index contributed by atoms with van der Waals surface area (Å²) >= 11 is 0.879. The van der Waals surface area contributed by atoms with Crippen LogP contribution in [0.4, 0.5) is 5.13 Å². The minimum Gasteiger partial charge on any atom is -0.374 e. The average molecular weight is 305 g/mol. The van der Waals surface area contributed by atoms with Gasteiger partial charge in [0.1, 0.15) is 0 Å². The highest BCUT2D eigenvalue weighted by molar-refractivity contribution is 7.91. The van der Waals surface area contributed by atoms with Gasteiger partial charge in [-0.15, -0.1) is 10.2 Å². The van der Waals surface area contributed by atoms with Gasteiger partial charge >= 0.3 is 0 Å². The van der Waals surface area contributed by atoms with Gasteiger partial charge in [0.05, 0.1) is 0 Å². The van der Waals surface area contributed by atoms with Gasteiger partial charge in [0.25, 0.3) is 10.0 Å². The quantitative estimate of drug-likeness (QED) is 0.802. The molecule has 1 saturated heterocycles. The molecule has 0 unspecified atom stereocenters. The summed E-state index contributed by atoms with van der Waals surface area (Å²) in [4.78, 5) is 2.30. The van der Waals surface area contributed by atoms with E-state index < -0.39 is 10.0 Å². The van der Waals surface area contributed by atoms with E-state index in [2.05, 4.69) is 26.9 Å². The molecule has 9 heteroatoms. The Hall–Kier alpha value is -0.770. The Morgan fingerprint density at radius 1 is 1.42 bits per heavy atom. The number of sulfonamides is 1. The summed E-state index contributed by atoms with van der Waals surface area (Å²) in [5.74, 6) is 0.596. The lowest BCUT2D eigenvalue weighted by atomic mass is 9.94. The van der Waals surface area contributed by atoms with E-state index >= 15 is 0 Å². The van der Waals surface area contributed by atoms with Crippen molar-refractivity contribution in [1.82, 2.24) is 19.8 Å². The van der Waals surface area contributed by atoms with Crippen molar-refractivity contribution in [3.05, 3.63) is 0 Å². The van der Waals surface area contributed by atoms with Gasteiger partial charge in [0.15, 0.2) is 0 Å². The molecule has 1 aromatic heterocycles. The zero-order chi connectivity index (χ0) is 13.9. The van der Waals surface area contributed by atoms with Crippen LogP contribution in [0.25, 0.3) is 0 Å². The first kappa shape index (κ1) is 14.6. The molecule has 3 N–H and O–H groups in total. The maximum Gasteiger partial charge on any atom is 0.269 e. The number of hydrogen-bond acceptors (Lipinski definition) is 7. The maximum absolute atomic E-state index is 11.9. The molecule has 108 valence electrons. The van der Waals surface area contributed by atoms with Crippen LogP contribution in [0.2, 0.25) is 0 Å². The third-order valence-electron chi connectivity index (χ3n) is 3.33. The summed E-state index contributed by atoms with van der Waals surface area (Å²) < 4.78 is 26.2. The van der Waals surface area contributed by atoms with Crippen LogP contribution in [0.5, 0.6) is 0 Å².